The summed E-state index contributed by atoms with van der Waals surface area (Å²) in [5.41, 5.74) is 7.41. The van der Waals surface area contributed by atoms with Crippen LogP contribution in [0.2, 0.25) is 0 Å². The first-order chi connectivity index (χ1) is 9.01. The summed E-state index contributed by atoms with van der Waals surface area (Å²) in [6.45, 7) is 3.52. The van der Waals surface area contributed by atoms with E-state index in [0.717, 1.165) is 23.9 Å². The van der Waals surface area contributed by atoms with Crippen LogP contribution < -0.4 is 5.73 Å². The van der Waals surface area contributed by atoms with Crippen LogP contribution in [0.1, 0.15) is 19.8 Å². The Balaban J connectivity index is 2.22. The molecule has 1 aromatic carbocycles. The monoisotopic (exact) mass is 375 g/mol. The molecule has 1 aliphatic rings. The third-order valence-electron chi connectivity index (χ3n) is 3.83. The maximum atomic E-state index is 13.8. The highest BCUT2D eigenvalue weighted by Gasteiger charge is 2.32. The number of fused-ring (bicyclic) bond motifs is 1. The average molecular weight is 375 g/mol. The molecule has 0 unspecified atom stereocenters. The third-order valence-corrected chi connectivity index (χ3v) is 4.66. The third kappa shape index (κ3) is 2.10. The van der Waals surface area contributed by atoms with E-state index < -0.39 is 0 Å². The van der Waals surface area contributed by atoms with Crippen LogP contribution in [0.25, 0.3) is 11.0 Å². The number of rotatable bonds is 1. The molecule has 2 aromatic rings. The molecule has 2 heterocycles. The molecule has 0 amide bonds. The minimum Gasteiger partial charge on any atom is -0.381 e. The lowest BCUT2D eigenvalue weighted by atomic mass is 9.92. The Morgan fingerprint density at radius 1 is 1.42 bits per heavy atom. The zero-order chi connectivity index (χ0) is 13.6. The number of anilines is 1. The summed E-state index contributed by atoms with van der Waals surface area (Å²) in [7, 11) is 0. The predicted octanol–water partition coefficient (Wildman–Crippen LogP) is 2.89. The molecule has 0 atom stereocenters. The zero-order valence-corrected chi connectivity index (χ0v) is 12.8. The molecule has 4 nitrogen and oxygen atoms in total. The molecule has 0 aliphatic carbocycles. The largest absolute Gasteiger partial charge is 0.381 e. The summed E-state index contributed by atoms with van der Waals surface area (Å²) in [6, 6.07) is 3.27. The first-order valence-corrected chi connectivity index (χ1v) is 7.30. The Morgan fingerprint density at radius 3 is 2.79 bits per heavy atom. The summed E-state index contributed by atoms with van der Waals surface area (Å²) >= 11 is 1.97. The molecular weight excluding hydrogens is 360 g/mol. The number of ether oxygens (including phenoxy) is 1. The van der Waals surface area contributed by atoms with Gasteiger partial charge in [-0.25, -0.2) is 9.37 Å². The fraction of sp³-hybridized carbons (Fsp3) is 0.462. The summed E-state index contributed by atoms with van der Waals surface area (Å²) < 4.78 is 21.7. The lowest BCUT2D eigenvalue weighted by molar-refractivity contribution is 0.0320. The first-order valence-electron chi connectivity index (χ1n) is 6.22. The van der Waals surface area contributed by atoms with Gasteiger partial charge in [0.2, 0.25) is 5.95 Å². The van der Waals surface area contributed by atoms with Crippen molar-refractivity contribution in [3.8, 4) is 0 Å². The maximum Gasteiger partial charge on any atom is 0.201 e. The number of nitrogens with two attached hydrogens (primary N) is 1. The summed E-state index contributed by atoms with van der Waals surface area (Å²) in [5, 5.41) is 0. The first kappa shape index (κ1) is 13.1. The van der Waals surface area contributed by atoms with Crippen LogP contribution in [0.15, 0.2) is 12.1 Å². The van der Waals surface area contributed by atoms with E-state index in [0.29, 0.717) is 22.7 Å². The summed E-state index contributed by atoms with van der Waals surface area (Å²) in [4.78, 5) is 4.36. The Hall–Kier alpha value is -0.890. The molecular formula is C13H15FIN3O. The van der Waals surface area contributed by atoms with E-state index in [1.165, 1.54) is 6.07 Å². The van der Waals surface area contributed by atoms with E-state index in [4.69, 9.17) is 10.5 Å². The second-order valence-electron chi connectivity index (χ2n) is 5.17. The Labute approximate surface area is 124 Å². The van der Waals surface area contributed by atoms with Crippen LogP contribution in [0.4, 0.5) is 10.3 Å². The highest BCUT2D eigenvalue weighted by Crippen LogP contribution is 2.35. The van der Waals surface area contributed by atoms with Crippen LogP contribution in [0.5, 0.6) is 0 Å². The quantitative estimate of drug-likeness (QED) is 0.780. The standard InChI is InChI=1S/C13H15FIN3O/c1-13(2-4-19-5-3-13)18-11-6-8(14)9(15)7-10(11)17-12(18)16/h6-7H,2-5H2,1H3,(H2,16,17). The second-order valence-corrected chi connectivity index (χ2v) is 6.33. The zero-order valence-electron chi connectivity index (χ0n) is 10.6. The van der Waals surface area contributed by atoms with Crippen LogP contribution in [0.3, 0.4) is 0 Å². The van der Waals surface area contributed by atoms with Crippen molar-refractivity contribution in [2.75, 3.05) is 18.9 Å². The van der Waals surface area contributed by atoms with Gasteiger partial charge in [-0.05, 0) is 48.4 Å². The number of hydrogen-bond acceptors (Lipinski definition) is 3. The van der Waals surface area contributed by atoms with Crippen molar-refractivity contribution in [3.05, 3.63) is 21.5 Å². The van der Waals surface area contributed by atoms with Gasteiger partial charge in [0, 0.05) is 24.8 Å². The van der Waals surface area contributed by atoms with Gasteiger partial charge < -0.3 is 15.0 Å². The van der Waals surface area contributed by atoms with Crippen molar-refractivity contribution in [3.63, 3.8) is 0 Å². The van der Waals surface area contributed by atoms with E-state index in [-0.39, 0.29) is 11.4 Å². The van der Waals surface area contributed by atoms with Gasteiger partial charge in [0.15, 0.2) is 0 Å². The fourth-order valence-corrected chi connectivity index (χ4v) is 3.14. The maximum absolute atomic E-state index is 13.8. The van der Waals surface area contributed by atoms with Gasteiger partial charge in [-0.15, -0.1) is 0 Å². The molecule has 0 spiro atoms. The topological polar surface area (TPSA) is 53.1 Å². The van der Waals surface area contributed by atoms with Crippen LogP contribution in [-0.2, 0) is 10.3 Å². The molecule has 1 aromatic heterocycles. The molecule has 1 saturated heterocycles. The number of halogens is 2. The Kier molecular flexibility index (Phi) is 3.17. The van der Waals surface area contributed by atoms with E-state index in [9.17, 15) is 4.39 Å². The van der Waals surface area contributed by atoms with Crippen molar-refractivity contribution in [2.45, 2.75) is 25.3 Å². The molecule has 3 rings (SSSR count). The number of aromatic nitrogens is 2. The lowest BCUT2D eigenvalue weighted by Gasteiger charge is -2.36. The van der Waals surface area contributed by atoms with Crippen LogP contribution in [-0.4, -0.2) is 22.8 Å². The van der Waals surface area contributed by atoms with Gasteiger partial charge in [0.25, 0.3) is 0 Å². The number of benzene rings is 1. The molecule has 6 heteroatoms. The molecule has 0 saturated carbocycles. The highest BCUT2D eigenvalue weighted by molar-refractivity contribution is 14.1. The molecule has 102 valence electrons. The van der Waals surface area contributed by atoms with Crippen LogP contribution in [0, 0.1) is 9.39 Å². The Morgan fingerprint density at radius 2 is 2.11 bits per heavy atom. The van der Waals surface area contributed by atoms with Gasteiger partial charge in [-0.3, -0.25) is 0 Å². The van der Waals surface area contributed by atoms with Gasteiger partial charge in [0.05, 0.1) is 14.6 Å². The second kappa shape index (κ2) is 4.59. The number of nitrogen functional groups attached to an aromatic ring is 1. The predicted molar refractivity (Wildman–Crippen MR) is 80.5 cm³/mol. The molecule has 1 fully saturated rings. The van der Waals surface area contributed by atoms with Gasteiger partial charge in [-0.2, -0.15) is 0 Å². The van der Waals surface area contributed by atoms with Gasteiger partial charge in [-0.1, -0.05) is 0 Å². The number of imidazole rings is 1. The van der Waals surface area contributed by atoms with Gasteiger partial charge in [0.1, 0.15) is 5.82 Å². The Bertz CT molecular complexity index is 634. The molecule has 0 bridgehead atoms. The highest BCUT2D eigenvalue weighted by atomic mass is 127. The molecule has 2 N–H and O–H groups in total. The molecule has 0 radical (unpaired) electrons. The van der Waals surface area contributed by atoms with Crippen molar-refractivity contribution < 1.29 is 9.13 Å². The molecule has 1 aliphatic heterocycles. The smallest absolute Gasteiger partial charge is 0.201 e. The van der Waals surface area contributed by atoms with Crippen molar-refractivity contribution in [1.82, 2.24) is 9.55 Å². The summed E-state index contributed by atoms with van der Waals surface area (Å²) in [6.07, 6.45) is 1.71. The minimum absolute atomic E-state index is 0.156. The van der Waals surface area contributed by atoms with Crippen molar-refractivity contribution >= 4 is 39.6 Å². The van der Waals surface area contributed by atoms with Crippen molar-refractivity contribution in [1.29, 1.82) is 0 Å². The minimum atomic E-state index is -0.232. The lowest BCUT2D eigenvalue weighted by Crippen LogP contribution is -2.37. The number of hydrogen-bond donors (Lipinski definition) is 1. The van der Waals surface area contributed by atoms with Crippen molar-refractivity contribution in [2.24, 2.45) is 0 Å². The van der Waals surface area contributed by atoms with E-state index in [1.807, 2.05) is 27.2 Å². The van der Waals surface area contributed by atoms with E-state index in [2.05, 4.69) is 11.9 Å². The fourth-order valence-electron chi connectivity index (χ4n) is 2.69. The van der Waals surface area contributed by atoms with Crippen LogP contribution >= 0.6 is 22.6 Å². The van der Waals surface area contributed by atoms with E-state index in [1.54, 1.807) is 6.07 Å². The molecule has 19 heavy (non-hydrogen) atoms. The SMILES string of the molecule is CC1(n2c(N)nc3cc(I)c(F)cc32)CCOCC1. The summed E-state index contributed by atoms with van der Waals surface area (Å²) in [5.74, 6) is 0.214. The number of nitrogens with zero attached hydrogens (tertiary/aromatic N) is 2. The normalized spacial score (nSPS) is 18.9. The van der Waals surface area contributed by atoms with E-state index >= 15 is 0 Å². The average Bonchev–Trinajstić information content (AvgIpc) is 2.67. The van der Waals surface area contributed by atoms with Gasteiger partial charge >= 0.3 is 0 Å².